The zero-order valence-electron chi connectivity index (χ0n) is 23.9. The minimum atomic E-state index is 0.964. The van der Waals surface area contributed by atoms with Gasteiger partial charge in [0.05, 0.1) is 11.4 Å². The van der Waals surface area contributed by atoms with Gasteiger partial charge in [0.25, 0.3) is 0 Å². The van der Waals surface area contributed by atoms with Crippen molar-refractivity contribution in [2.75, 3.05) is 0 Å². The second-order valence-corrected chi connectivity index (χ2v) is 11.5. The lowest BCUT2D eigenvalue weighted by Gasteiger charge is -2.14. The van der Waals surface area contributed by atoms with Crippen LogP contribution in [0.4, 0.5) is 0 Å². The van der Waals surface area contributed by atoms with Gasteiger partial charge in [-0.1, -0.05) is 97.1 Å². The minimum absolute atomic E-state index is 0.964. The Labute approximate surface area is 254 Å². The van der Waals surface area contributed by atoms with E-state index in [1.165, 1.54) is 48.5 Å². The average Bonchev–Trinajstić information content (AvgIpc) is 3.09. The number of aromatic nitrogens is 2. The summed E-state index contributed by atoms with van der Waals surface area (Å²) in [6, 6.07) is 52.6. The predicted octanol–water partition coefficient (Wildman–Crippen LogP) is 11.2. The largest absolute Gasteiger partial charge is 0.264 e. The summed E-state index contributed by atoms with van der Waals surface area (Å²) in [5, 5.41) is 12.1. The van der Waals surface area contributed by atoms with E-state index in [9.17, 15) is 0 Å². The van der Waals surface area contributed by atoms with Gasteiger partial charge in [-0.3, -0.25) is 4.98 Å². The fourth-order valence-electron chi connectivity index (χ4n) is 6.62. The van der Waals surface area contributed by atoms with Crippen molar-refractivity contribution in [3.05, 3.63) is 158 Å². The Morgan fingerprint density at radius 1 is 0.341 bits per heavy atom. The third-order valence-electron chi connectivity index (χ3n) is 8.84. The van der Waals surface area contributed by atoms with E-state index < -0.39 is 0 Å². The van der Waals surface area contributed by atoms with Gasteiger partial charge in [0, 0.05) is 28.9 Å². The van der Waals surface area contributed by atoms with E-state index in [0.717, 1.165) is 39.0 Å². The van der Waals surface area contributed by atoms with Crippen molar-refractivity contribution in [3.63, 3.8) is 0 Å². The minimum Gasteiger partial charge on any atom is -0.264 e. The normalized spacial score (nSPS) is 11.6. The number of nitrogens with zero attached hydrogens (tertiary/aromatic N) is 2. The Kier molecular flexibility index (Phi) is 5.54. The standard InChI is InChI=1S/C42H26N2/c1-3-9-29-22-39-33(20-27(29)7-1)11-5-13-37(39)41-24-36(31-15-16-35-26-43-18-17-32(35)19-31)25-42(44-41)38-14-6-12-34-21-28-8-2-4-10-30(28)23-40(34)38/h1-26H. The molecule has 0 aliphatic rings. The molecule has 0 aliphatic heterocycles. The summed E-state index contributed by atoms with van der Waals surface area (Å²) in [7, 11) is 0. The number of rotatable bonds is 3. The van der Waals surface area contributed by atoms with E-state index in [1.54, 1.807) is 0 Å². The molecule has 0 unspecified atom stereocenters. The molecule has 0 radical (unpaired) electrons. The molecule has 0 saturated carbocycles. The molecule has 2 nitrogen and oxygen atoms in total. The van der Waals surface area contributed by atoms with Crippen LogP contribution in [0.2, 0.25) is 0 Å². The fraction of sp³-hybridized carbons (Fsp3) is 0. The lowest BCUT2D eigenvalue weighted by atomic mass is 9.93. The zero-order valence-corrected chi connectivity index (χ0v) is 23.9. The summed E-state index contributed by atoms with van der Waals surface area (Å²) in [6.07, 6.45) is 3.78. The van der Waals surface area contributed by atoms with Gasteiger partial charge in [-0.15, -0.1) is 0 Å². The molecule has 9 rings (SSSR count). The topological polar surface area (TPSA) is 25.8 Å². The van der Waals surface area contributed by atoms with Gasteiger partial charge in [0.1, 0.15) is 0 Å². The third-order valence-corrected chi connectivity index (χ3v) is 8.84. The number of benzene rings is 7. The summed E-state index contributed by atoms with van der Waals surface area (Å²) in [4.78, 5) is 9.73. The molecule has 44 heavy (non-hydrogen) atoms. The molecule has 7 aromatic carbocycles. The van der Waals surface area contributed by atoms with Crippen molar-refractivity contribution >= 4 is 53.9 Å². The molecule has 0 saturated heterocycles. The summed E-state index contributed by atoms with van der Waals surface area (Å²) in [5.41, 5.74) is 6.49. The highest BCUT2D eigenvalue weighted by Crippen LogP contribution is 2.38. The maximum Gasteiger partial charge on any atom is 0.0721 e. The van der Waals surface area contributed by atoms with Gasteiger partial charge in [-0.05, 0) is 108 Å². The van der Waals surface area contributed by atoms with Gasteiger partial charge < -0.3 is 0 Å². The highest BCUT2D eigenvalue weighted by Gasteiger charge is 2.14. The van der Waals surface area contributed by atoms with Crippen LogP contribution in [0.1, 0.15) is 0 Å². The van der Waals surface area contributed by atoms with Crippen LogP contribution in [0.3, 0.4) is 0 Å². The molecular weight excluding hydrogens is 532 g/mol. The van der Waals surface area contributed by atoms with Crippen LogP contribution in [-0.4, -0.2) is 9.97 Å². The van der Waals surface area contributed by atoms with Gasteiger partial charge in [0.2, 0.25) is 0 Å². The predicted molar refractivity (Wildman–Crippen MR) is 186 cm³/mol. The first-order valence-electron chi connectivity index (χ1n) is 15.0. The maximum atomic E-state index is 5.41. The Balaban J connectivity index is 1.33. The monoisotopic (exact) mass is 558 g/mol. The molecule has 0 amide bonds. The first-order chi connectivity index (χ1) is 21.8. The van der Waals surface area contributed by atoms with Crippen LogP contribution in [0.25, 0.3) is 87.5 Å². The Bertz CT molecular complexity index is 2430. The van der Waals surface area contributed by atoms with Gasteiger partial charge >= 0.3 is 0 Å². The molecule has 0 bridgehead atoms. The fourth-order valence-corrected chi connectivity index (χ4v) is 6.62. The van der Waals surface area contributed by atoms with E-state index in [4.69, 9.17) is 4.98 Å². The smallest absolute Gasteiger partial charge is 0.0721 e. The van der Waals surface area contributed by atoms with Crippen LogP contribution in [0, 0.1) is 0 Å². The Morgan fingerprint density at radius 2 is 0.864 bits per heavy atom. The Hall–Kier alpha value is -5.86. The first kappa shape index (κ1) is 24.7. The molecule has 0 spiro atoms. The van der Waals surface area contributed by atoms with Crippen LogP contribution in [0.15, 0.2) is 158 Å². The van der Waals surface area contributed by atoms with Crippen molar-refractivity contribution in [3.8, 4) is 33.6 Å². The summed E-state index contributed by atoms with van der Waals surface area (Å²) in [6.45, 7) is 0. The second kappa shape index (κ2) is 9.86. The molecule has 204 valence electrons. The third kappa shape index (κ3) is 4.11. The molecule has 2 heteroatoms. The highest BCUT2D eigenvalue weighted by molar-refractivity contribution is 6.07. The summed E-state index contributed by atoms with van der Waals surface area (Å²) in [5.74, 6) is 0. The maximum absolute atomic E-state index is 5.41. The van der Waals surface area contributed by atoms with Gasteiger partial charge in [0.15, 0.2) is 0 Å². The second-order valence-electron chi connectivity index (χ2n) is 11.5. The van der Waals surface area contributed by atoms with E-state index in [-0.39, 0.29) is 0 Å². The summed E-state index contributed by atoms with van der Waals surface area (Å²) >= 11 is 0. The highest BCUT2D eigenvalue weighted by atomic mass is 14.7. The number of pyridine rings is 2. The van der Waals surface area contributed by atoms with Crippen molar-refractivity contribution in [1.82, 2.24) is 9.97 Å². The van der Waals surface area contributed by atoms with Crippen molar-refractivity contribution in [2.24, 2.45) is 0 Å². The molecule has 0 atom stereocenters. The molecule has 0 fully saturated rings. The quantitative estimate of drug-likeness (QED) is 0.202. The molecular formula is C42H26N2. The van der Waals surface area contributed by atoms with E-state index in [2.05, 4.69) is 151 Å². The molecule has 9 aromatic rings. The molecule has 0 N–H and O–H groups in total. The van der Waals surface area contributed by atoms with E-state index in [1.807, 2.05) is 12.4 Å². The lowest BCUT2D eigenvalue weighted by molar-refractivity contribution is 1.33. The van der Waals surface area contributed by atoms with E-state index >= 15 is 0 Å². The van der Waals surface area contributed by atoms with Crippen LogP contribution < -0.4 is 0 Å². The number of fused-ring (bicyclic) bond motifs is 5. The van der Waals surface area contributed by atoms with Crippen molar-refractivity contribution < 1.29 is 0 Å². The lowest BCUT2D eigenvalue weighted by Crippen LogP contribution is -1.93. The number of hydrogen-bond acceptors (Lipinski definition) is 2. The SMILES string of the molecule is c1ccc2cc3c(-c4cc(-c5ccc6cnccc6c5)cc(-c5cccc6cc7ccccc7cc56)n4)cccc3cc2c1. The summed E-state index contributed by atoms with van der Waals surface area (Å²) < 4.78 is 0. The molecule has 0 aliphatic carbocycles. The Morgan fingerprint density at radius 3 is 1.45 bits per heavy atom. The van der Waals surface area contributed by atoms with Crippen molar-refractivity contribution in [1.29, 1.82) is 0 Å². The number of hydrogen-bond donors (Lipinski definition) is 0. The van der Waals surface area contributed by atoms with Crippen LogP contribution in [-0.2, 0) is 0 Å². The first-order valence-corrected chi connectivity index (χ1v) is 15.0. The average molecular weight is 559 g/mol. The molecule has 2 aromatic heterocycles. The van der Waals surface area contributed by atoms with Crippen LogP contribution >= 0.6 is 0 Å². The van der Waals surface area contributed by atoms with Crippen molar-refractivity contribution in [2.45, 2.75) is 0 Å². The van der Waals surface area contributed by atoms with Gasteiger partial charge in [-0.25, -0.2) is 4.98 Å². The van der Waals surface area contributed by atoms with Crippen LogP contribution in [0.5, 0.6) is 0 Å². The van der Waals surface area contributed by atoms with E-state index in [0.29, 0.717) is 0 Å². The molecule has 2 heterocycles. The van der Waals surface area contributed by atoms with Gasteiger partial charge in [-0.2, -0.15) is 0 Å². The zero-order chi connectivity index (χ0) is 29.0.